The van der Waals surface area contributed by atoms with E-state index in [-0.39, 0.29) is 30.1 Å². The van der Waals surface area contributed by atoms with E-state index in [4.69, 9.17) is 9.47 Å². The number of hydrogen-bond acceptors (Lipinski definition) is 5. The van der Waals surface area contributed by atoms with Crippen LogP contribution < -0.4 is 0 Å². The molecule has 5 nitrogen and oxygen atoms in total. The molecule has 1 aliphatic rings. The molecule has 0 radical (unpaired) electrons. The van der Waals surface area contributed by atoms with E-state index in [2.05, 4.69) is 5.73 Å². The van der Waals surface area contributed by atoms with Gasteiger partial charge in [0.1, 0.15) is 12.7 Å². The minimum Gasteiger partial charge on any atom is -0.462 e. The maximum absolute atomic E-state index is 11.2. The lowest BCUT2D eigenvalue weighted by molar-refractivity contribution is -0.152. The number of aliphatic hydroxyl groups is 1. The molecule has 1 aliphatic carbocycles. The van der Waals surface area contributed by atoms with Gasteiger partial charge in [-0.1, -0.05) is 13.8 Å². The van der Waals surface area contributed by atoms with Crippen LogP contribution in [0.15, 0.2) is 29.0 Å². The SMILES string of the molecule is CC(=O)OC/C=C(\C)C=C=C1C(C)(C)C[C@H](OC(C)=O)C[C@@]1(C)O. The predicted octanol–water partition coefficient (Wildman–Crippen LogP) is 3.08. The zero-order valence-electron chi connectivity index (χ0n) is 15.4. The molecule has 0 aromatic rings. The van der Waals surface area contributed by atoms with Gasteiger partial charge in [0.15, 0.2) is 0 Å². The van der Waals surface area contributed by atoms with Crippen molar-refractivity contribution < 1.29 is 24.2 Å². The molecule has 1 N–H and O–H groups in total. The Balaban J connectivity index is 3.02. The molecular formula is C19H28O5. The molecule has 0 aromatic heterocycles. The molecule has 1 fully saturated rings. The molecule has 24 heavy (non-hydrogen) atoms. The van der Waals surface area contributed by atoms with Crippen LogP contribution >= 0.6 is 0 Å². The summed E-state index contributed by atoms with van der Waals surface area (Å²) in [6.07, 6.45) is 4.23. The Kier molecular flexibility index (Phi) is 6.58. The monoisotopic (exact) mass is 336 g/mol. The van der Waals surface area contributed by atoms with Crippen molar-refractivity contribution in [2.75, 3.05) is 6.61 Å². The van der Waals surface area contributed by atoms with E-state index in [1.54, 1.807) is 19.1 Å². The Morgan fingerprint density at radius 2 is 1.83 bits per heavy atom. The van der Waals surface area contributed by atoms with Crippen molar-refractivity contribution in [3.05, 3.63) is 29.0 Å². The van der Waals surface area contributed by atoms with Crippen LogP contribution in [-0.2, 0) is 19.1 Å². The lowest BCUT2D eigenvalue weighted by Crippen LogP contribution is -2.46. The maximum atomic E-state index is 11.2. The second-order valence-corrected chi connectivity index (χ2v) is 7.21. The summed E-state index contributed by atoms with van der Waals surface area (Å²) in [5, 5.41) is 10.8. The van der Waals surface area contributed by atoms with Crippen molar-refractivity contribution in [1.29, 1.82) is 0 Å². The van der Waals surface area contributed by atoms with Gasteiger partial charge < -0.3 is 14.6 Å². The topological polar surface area (TPSA) is 72.8 Å². The second-order valence-electron chi connectivity index (χ2n) is 7.21. The lowest BCUT2D eigenvalue weighted by Gasteiger charge is -2.44. The highest BCUT2D eigenvalue weighted by Gasteiger charge is 2.46. The lowest BCUT2D eigenvalue weighted by atomic mass is 9.65. The van der Waals surface area contributed by atoms with Crippen LogP contribution in [-0.4, -0.2) is 35.4 Å². The van der Waals surface area contributed by atoms with Crippen LogP contribution in [0.2, 0.25) is 0 Å². The molecule has 0 heterocycles. The summed E-state index contributed by atoms with van der Waals surface area (Å²) in [7, 11) is 0. The van der Waals surface area contributed by atoms with Gasteiger partial charge in [0.2, 0.25) is 0 Å². The Morgan fingerprint density at radius 3 is 2.33 bits per heavy atom. The fourth-order valence-corrected chi connectivity index (χ4v) is 3.22. The van der Waals surface area contributed by atoms with Gasteiger partial charge in [0.25, 0.3) is 0 Å². The maximum Gasteiger partial charge on any atom is 0.302 e. The molecule has 1 saturated carbocycles. The van der Waals surface area contributed by atoms with E-state index in [9.17, 15) is 14.7 Å². The molecule has 0 spiro atoms. The summed E-state index contributed by atoms with van der Waals surface area (Å²) in [6, 6.07) is 0. The summed E-state index contributed by atoms with van der Waals surface area (Å²) >= 11 is 0. The highest BCUT2D eigenvalue weighted by Crippen LogP contribution is 2.46. The number of allylic oxidation sites excluding steroid dienone is 1. The molecule has 0 aromatic carbocycles. The van der Waals surface area contributed by atoms with Gasteiger partial charge >= 0.3 is 11.9 Å². The first-order valence-corrected chi connectivity index (χ1v) is 8.11. The van der Waals surface area contributed by atoms with Crippen molar-refractivity contribution in [3.8, 4) is 0 Å². The summed E-state index contributed by atoms with van der Waals surface area (Å²) in [5.74, 6) is -0.659. The summed E-state index contributed by atoms with van der Waals surface area (Å²) < 4.78 is 10.2. The fourth-order valence-electron chi connectivity index (χ4n) is 3.22. The van der Waals surface area contributed by atoms with E-state index in [0.29, 0.717) is 12.8 Å². The van der Waals surface area contributed by atoms with Crippen LogP contribution in [0.25, 0.3) is 0 Å². The summed E-state index contributed by atoms with van der Waals surface area (Å²) in [4.78, 5) is 22.0. The quantitative estimate of drug-likeness (QED) is 0.485. The van der Waals surface area contributed by atoms with Crippen molar-refractivity contribution in [3.63, 3.8) is 0 Å². The molecule has 0 unspecified atom stereocenters. The van der Waals surface area contributed by atoms with Crippen molar-refractivity contribution in [1.82, 2.24) is 0 Å². The highest BCUT2D eigenvalue weighted by atomic mass is 16.5. The number of hydrogen-bond donors (Lipinski definition) is 1. The van der Waals surface area contributed by atoms with Crippen molar-refractivity contribution in [2.45, 2.75) is 66.1 Å². The van der Waals surface area contributed by atoms with Crippen molar-refractivity contribution in [2.24, 2.45) is 5.41 Å². The molecule has 0 saturated heterocycles. The van der Waals surface area contributed by atoms with E-state index >= 15 is 0 Å². The first kappa shape index (κ1) is 20.2. The third-order valence-electron chi connectivity index (χ3n) is 4.05. The van der Waals surface area contributed by atoms with Crippen LogP contribution in [0.1, 0.15) is 54.4 Å². The Labute approximate surface area is 144 Å². The Morgan fingerprint density at radius 1 is 1.21 bits per heavy atom. The number of esters is 2. The zero-order valence-corrected chi connectivity index (χ0v) is 15.4. The number of carbonyl (C=O) groups is 2. The van der Waals surface area contributed by atoms with Crippen LogP contribution in [0.5, 0.6) is 0 Å². The fraction of sp³-hybridized carbons (Fsp3) is 0.632. The average molecular weight is 336 g/mol. The third kappa shape index (κ3) is 5.99. The molecule has 1 rings (SSSR count). The summed E-state index contributed by atoms with van der Waals surface area (Å²) in [6.45, 7) is 10.6. The molecule has 0 aliphatic heterocycles. The first-order valence-electron chi connectivity index (χ1n) is 8.11. The normalized spacial score (nSPS) is 26.4. The summed E-state index contributed by atoms with van der Waals surface area (Å²) in [5.41, 5.74) is 3.41. The molecule has 0 amide bonds. The van der Waals surface area contributed by atoms with E-state index in [0.717, 1.165) is 11.1 Å². The van der Waals surface area contributed by atoms with Gasteiger partial charge in [-0.15, -0.1) is 5.73 Å². The van der Waals surface area contributed by atoms with Crippen LogP contribution in [0.3, 0.4) is 0 Å². The number of rotatable bonds is 4. The number of carbonyl (C=O) groups excluding carboxylic acids is 2. The van der Waals surface area contributed by atoms with Crippen LogP contribution in [0, 0.1) is 5.41 Å². The molecule has 0 bridgehead atoms. The third-order valence-corrected chi connectivity index (χ3v) is 4.05. The first-order chi connectivity index (χ1) is 10.9. The molecule has 5 heteroatoms. The van der Waals surface area contributed by atoms with E-state index < -0.39 is 5.60 Å². The van der Waals surface area contributed by atoms with Crippen LogP contribution in [0.4, 0.5) is 0 Å². The van der Waals surface area contributed by atoms with Gasteiger partial charge in [-0.05, 0) is 43.4 Å². The minimum absolute atomic E-state index is 0.211. The average Bonchev–Trinajstić information content (AvgIpc) is 2.34. The van der Waals surface area contributed by atoms with Gasteiger partial charge in [0.05, 0.1) is 5.60 Å². The standard InChI is InChI=1S/C19H28O5/c1-13(9-10-23-14(2)20)7-8-17-18(4,5)11-16(24-15(3)21)12-19(17,6)22/h7,9,16,22H,10-12H2,1-6H3/b13-9+/t8?,16-,19+/m0/s1. The predicted molar refractivity (Wildman–Crippen MR) is 91.2 cm³/mol. The second kappa shape index (κ2) is 7.82. The van der Waals surface area contributed by atoms with E-state index in [1.807, 2.05) is 20.8 Å². The molecular weight excluding hydrogens is 308 g/mol. The Bertz CT molecular complexity index is 569. The highest BCUT2D eigenvalue weighted by molar-refractivity contribution is 5.66. The van der Waals surface area contributed by atoms with Crippen molar-refractivity contribution >= 4 is 11.9 Å². The van der Waals surface area contributed by atoms with Gasteiger partial charge in [0, 0.05) is 25.8 Å². The molecule has 2 atom stereocenters. The minimum atomic E-state index is -1.10. The largest absolute Gasteiger partial charge is 0.462 e. The van der Waals surface area contributed by atoms with Gasteiger partial charge in [-0.3, -0.25) is 9.59 Å². The number of ether oxygens (including phenoxy) is 2. The smallest absolute Gasteiger partial charge is 0.302 e. The van der Waals surface area contributed by atoms with Gasteiger partial charge in [-0.25, -0.2) is 0 Å². The zero-order chi connectivity index (χ0) is 18.5. The Hall–Kier alpha value is -1.84. The van der Waals surface area contributed by atoms with Gasteiger partial charge in [-0.2, -0.15) is 0 Å². The molecule has 134 valence electrons. The van der Waals surface area contributed by atoms with E-state index in [1.165, 1.54) is 13.8 Å².